The minimum atomic E-state index is -0.460. The molecule has 2 N–H and O–H groups in total. The topological polar surface area (TPSA) is 95.9 Å². The molecule has 94 valence electrons. The molecule has 1 aromatic heterocycles. The smallest absolute Gasteiger partial charge is 0.338 e. The van der Waals surface area contributed by atoms with Crippen LogP contribution >= 0.6 is 0 Å². The van der Waals surface area contributed by atoms with E-state index in [-0.39, 0.29) is 6.61 Å². The maximum absolute atomic E-state index is 11.8. The number of tetrazole rings is 1. The second kappa shape index (κ2) is 4.82. The van der Waals surface area contributed by atoms with E-state index in [1.807, 2.05) is 6.92 Å². The lowest BCUT2D eigenvalue weighted by Crippen LogP contribution is -2.07. The molecule has 7 heteroatoms. The van der Waals surface area contributed by atoms with Crippen LogP contribution in [0, 0.1) is 6.92 Å². The zero-order valence-electron chi connectivity index (χ0n) is 10.1. The van der Waals surface area contributed by atoms with E-state index in [9.17, 15) is 4.79 Å². The third-order valence-electron chi connectivity index (χ3n) is 2.22. The largest absolute Gasteiger partial charge is 0.454 e. The first-order chi connectivity index (χ1) is 8.54. The Kier molecular flexibility index (Phi) is 3.22. The molecule has 0 unspecified atom stereocenters. The summed E-state index contributed by atoms with van der Waals surface area (Å²) in [6.45, 7) is 1.85. The number of nitrogens with zero attached hydrogens (tertiary/aromatic N) is 4. The third kappa shape index (κ3) is 2.82. The van der Waals surface area contributed by atoms with Gasteiger partial charge < -0.3 is 10.5 Å². The molecule has 0 saturated carbocycles. The van der Waals surface area contributed by atoms with E-state index in [0.717, 1.165) is 5.56 Å². The van der Waals surface area contributed by atoms with Crippen molar-refractivity contribution in [1.82, 2.24) is 20.2 Å². The van der Waals surface area contributed by atoms with Crippen LogP contribution < -0.4 is 5.73 Å². The summed E-state index contributed by atoms with van der Waals surface area (Å²) < 4.78 is 5.06. The van der Waals surface area contributed by atoms with Crippen molar-refractivity contribution >= 4 is 11.7 Å². The van der Waals surface area contributed by atoms with E-state index >= 15 is 0 Å². The Labute approximate surface area is 104 Å². The highest BCUT2D eigenvalue weighted by Crippen LogP contribution is 2.12. The fourth-order valence-corrected chi connectivity index (χ4v) is 1.53. The van der Waals surface area contributed by atoms with E-state index in [4.69, 9.17) is 10.5 Å². The summed E-state index contributed by atoms with van der Waals surface area (Å²) in [5.74, 6) is -0.107. The van der Waals surface area contributed by atoms with Crippen LogP contribution in [0.5, 0.6) is 0 Å². The Balaban J connectivity index is 2.03. The zero-order chi connectivity index (χ0) is 13.1. The highest BCUT2D eigenvalue weighted by molar-refractivity contribution is 5.90. The van der Waals surface area contributed by atoms with Gasteiger partial charge in [-0.3, -0.25) is 0 Å². The van der Waals surface area contributed by atoms with Gasteiger partial charge in [-0.2, -0.15) is 4.80 Å². The molecule has 18 heavy (non-hydrogen) atoms. The first kappa shape index (κ1) is 12.0. The minimum Gasteiger partial charge on any atom is -0.454 e. The highest BCUT2D eigenvalue weighted by atomic mass is 16.5. The van der Waals surface area contributed by atoms with Crippen LogP contribution in [-0.4, -0.2) is 26.2 Å². The van der Waals surface area contributed by atoms with Gasteiger partial charge in [-0.05, 0) is 35.9 Å². The van der Waals surface area contributed by atoms with Crippen molar-refractivity contribution in [2.75, 3.05) is 5.73 Å². The maximum atomic E-state index is 11.8. The number of nitrogens with two attached hydrogens (primary N) is 1. The quantitative estimate of drug-likeness (QED) is 0.625. The van der Waals surface area contributed by atoms with Gasteiger partial charge in [-0.25, -0.2) is 4.79 Å². The number of rotatable bonds is 3. The van der Waals surface area contributed by atoms with Crippen LogP contribution in [-0.2, 0) is 18.4 Å². The second-order valence-corrected chi connectivity index (χ2v) is 3.90. The van der Waals surface area contributed by atoms with Gasteiger partial charge in [0.25, 0.3) is 0 Å². The monoisotopic (exact) mass is 247 g/mol. The van der Waals surface area contributed by atoms with E-state index in [0.29, 0.717) is 17.1 Å². The molecular weight excluding hydrogens is 234 g/mol. The van der Waals surface area contributed by atoms with E-state index in [1.165, 1.54) is 4.80 Å². The number of hydrogen-bond donors (Lipinski definition) is 1. The van der Waals surface area contributed by atoms with Crippen LogP contribution in [0.1, 0.15) is 21.7 Å². The lowest BCUT2D eigenvalue weighted by Gasteiger charge is -2.04. The summed E-state index contributed by atoms with van der Waals surface area (Å²) >= 11 is 0. The van der Waals surface area contributed by atoms with Gasteiger partial charge in [0.2, 0.25) is 5.82 Å². The summed E-state index contributed by atoms with van der Waals surface area (Å²) in [5.41, 5.74) is 7.51. The fourth-order valence-electron chi connectivity index (χ4n) is 1.53. The van der Waals surface area contributed by atoms with Gasteiger partial charge in [0, 0.05) is 5.69 Å². The Morgan fingerprint density at radius 1 is 1.44 bits per heavy atom. The van der Waals surface area contributed by atoms with Gasteiger partial charge >= 0.3 is 5.97 Å². The molecule has 1 aromatic carbocycles. The zero-order valence-corrected chi connectivity index (χ0v) is 10.1. The lowest BCUT2D eigenvalue weighted by atomic mass is 10.1. The number of ether oxygens (including phenoxy) is 1. The number of anilines is 1. The van der Waals surface area contributed by atoms with Crippen molar-refractivity contribution in [3.63, 3.8) is 0 Å². The Bertz CT molecular complexity index is 558. The first-order valence-electron chi connectivity index (χ1n) is 5.32. The standard InChI is InChI=1S/C11H13N5O2/c1-7-3-8(5-9(12)4-7)11(17)18-6-10-13-15-16(2)14-10/h3-5H,6,12H2,1-2H3. The molecule has 0 aliphatic rings. The molecule has 0 fully saturated rings. The third-order valence-corrected chi connectivity index (χ3v) is 2.22. The molecule has 2 aromatic rings. The molecule has 0 radical (unpaired) electrons. The van der Waals surface area contributed by atoms with Crippen LogP contribution in [0.4, 0.5) is 5.69 Å². The SMILES string of the molecule is Cc1cc(N)cc(C(=O)OCc2nnn(C)n2)c1. The normalized spacial score (nSPS) is 10.3. The Hall–Kier alpha value is -2.44. The molecule has 0 bridgehead atoms. The van der Waals surface area contributed by atoms with Crippen molar-refractivity contribution in [1.29, 1.82) is 0 Å². The van der Waals surface area contributed by atoms with Crippen molar-refractivity contribution in [2.24, 2.45) is 7.05 Å². The number of benzene rings is 1. The van der Waals surface area contributed by atoms with Crippen molar-refractivity contribution < 1.29 is 9.53 Å². The molecule has 0 spiro atoms. The molecule has 1 heterocycles. The fraction of sp³-hybridized carbons (Fsp3) is 0.273. The van der Waals surface area contributed by atoms with Crippen LogP contribution in [0.3, 0.4) is 0 Å². The molecule has 0 aliphatic heterocycles. The number of aryl methyl sites for hydroxylation is 2. The summed E-state index contributed by atoms with van der Waals surface area (Å²) in [5, 5.41) is 11.3. The molecule has 0 amide bonds. The molecule has 7 nitrogen and oxygen atoms in total. The van der Waals surface area contributed by atoms with E-state index in [2.05, 4.69) is 15.4 Å². The summed E-state index contributed by atoms with van der Waals surface area (Å²) in [6, 6.07) is 5.06. The van der Waals surface area contributed by atoms with Crippen LogP contribution in [0.15, 0.2) is 18.2 Å². The summed E-state index contributed by atoms with van der Waals surface area (Å²) in [4.78, 5) is 13.1. The van der Waals surface area contributed by atoms with Gasteiger partial charge in [0.1, 0.15) is 0 Å². The average Bonchev–Trinajstić information content (AvgIpc) is 2.70. The Morgan fingerprint density at radius 2 is 2.22 bits per heavy atom. The maximum Gasteiger partial charge on any atom is 0.338 e. The molecule has 0 saturated heterocycles. The molecule has 0 atom stereocenters. The lowest BCUT2D eigenvalue weighted by molar-refractivity contribution is 0.0462. The number of nitrogen functional groups attached to an aromatic ring is 1. The predicted octanol–water partition coefficient (Wildman–Crippen LogP) is 0.458. The van der Waals surface area contributed by atoms with Crippen LogP contribution in [0.2, 0.25) is 0 Å². The van der Waals surface area contributed by atoms with Crippen molar-refractivity contribution in [3.8, 4) is 0 Å². The summed E-state index contributed by atoms with van der Waals surface area (Å²) in [6.07, 6.45) is 0. The van der Waals surface area contributed by atoms with Crippen molar-refractivity contribution in [3.05, 3.63) is 35.2 Å². The second-order valence-electron chi connectivity index (χ2n) is 3.90. The summed E-state index contributed by atoms with van der Waals surface area (Å²) in [7, 11) is 1.64. The number of esters is 1. The van der Waals surface area contributed by atoms with Gasteiger partial charge in [-0.1, -0.05) is 0 Å². The van der Waals surface area contributed by atoms with Gasteiger partial charge in [0.15, 0.2) is 6.61 Å². The Morgan fingerprint density at radius 3 is 2.83 bits per heavy atom. The van der Waals surface area contributed by atoms with Crippen molar-refractivity contribution in [2.45, 2.75) is 13.5 Å². The number of carbonyl (C=O) groups is 1. The number of aromatic nitrogens is 4. The molecular formula is C11H13N5O2. The van der Waals surface area contributed by atoms with Crippen LogP contribution in [0.25, 0.3) is 0 Å². The highest BCUT2D eigenvalue weighted by Gasteiger charge is 2.10. The first-order valence-corrected chi connectivity index (χ1v) is 5.32. The number of hydrogen-bond acceptors (Lipinski definition) is 6. The average molecular weight is 247 g/mol. The molecule has 2 rings (SSSR count). The van der Waals surface area contributed by atoms with Gasteiger partial charge in [-0.15, -0.1) is 10.2 Å². The minimum absolute atomic E-state index is 0.0134. The van der Waals surface area contributed by atoms with E-state index in [1.54, 1.807) is 25.2 Å². The van der Waals surface area contributed by atoms with E-state index < -0.39 is 5.97 Å². The molecule has 0 aliphatic carbocycles. The van der Waals surface area contributed by atoms with Gasteiger partial charge in [0.05, 0.1) is 12.6 Å². The predicted molar refractivity (Wildman–Crippen MR) is 63.5 cm³/mol. The number of carbonyl (C=O) groups excluding carboxylic acids is 1.